The molecule has 0 fully saturated rings. The summed E-state index contributed by atoms with van der Waals surface area (Å²) in [5, 5.41) is 0. The fraction of sp³-hybridized carbons (Fsp3) is 0.444. The first-order valence-electron chi connectivity index (χ1n) is 7.62. The third-order valence-corrected chi connectivity index (χ3v) is 6.82. The average molecular weight is 349 g/mol. The van der Waals surface area contributed by atoms with Crippen LogP contribution in [0.2, 0.25) is 0 Å². The molecule has 1 aliphatic rings. The van der Waals surface area contributed by atoms with Crippen molar-refractivity contribution in [2.45, 2.75) is 50.3 Å². The maximum Gasteiger partial charge on any atom is 0.0738 e. The Balaban J connectivity index is 1.84. The van der Waals surface area contributed by atoms with Gasteiger partial charge in [-0.3, -0.25) is 0 Å². The molecular weight excluding hydrogens is 328 g/mol. The van der Waals surface area contributed by atoms with Gasteiger partial charge in [0.15, 0.2) is 0 Å². The van der Waals surface area contributed by atoms with E-state index in [2.05, 4.69) is 53.2 Å². The Morgan fingerprint density at radius 1 is 1.10 bits per heavy atom. The first-order chi connectivity index (χ1) is 9.78. The topological polar surface area (TPSA) is 0 Å². The average Bonchev–Trinajstić information content (AvgIpc) is 2.77. The van der Waals surface area contributed by atoms with E-state index >= 15 is 0 Å². The van der Waals surface area contributed by atoms with E-state index in [1.165, 1.54) is 48.1 Å². The van der Waals surface area contributed by atoms with E-state index in [1.807, 2.05) is 11.3 Å². The maximum absolute atomic E-state index is 3.90. The van der Waals surface area contributed by atoms with E-state index < -0.39 is 0 Å². The third kappa shape index (κ3) is 3.01. The number of rotatable bonds is 3. The highest BCUT2D eigenvalue weighted by molar-refractivity contribution is 9.09. The van der Waals surface area contributed by atoms with Crippen LogP contribution in [0.3, 0.4) is 0 Å². The van der Waals surface area contributed by atoms with Crippen LogP contribution in [-0.2, 0) is 19.3 Å². The highest BCUT2D eigenvalue weighted by Gasteiger charge is 2.17. The van der Waals surface area contributed by atoms with Gasteiger partial charge in [-0.05, 0) is 54.9 Å². The lowest BCUT2D eigenvalue weighted by molar-refractivity contribution is 0.712. The van der Waals surface area contributed by atoms with Gasteiger partial charge in [0, 0.05) is 9.75 Å². The van der Waals surface area contributed by atoms with Gasteiger partial charge in [0.25, 0.3) is 0 Å². The molecule has 0 saturated carbocycles. The summed E-state index contributed by atoms with van der Waals surface area (Å²) in [6, 6.07) is 11.5. The second kappa shape index (κ2) is 6.44. The summed E-state index contributed by atoms with van der Waals surface area (Å²) in [6.07, 6.45) is 7.80. The molecule has 2 aromatic rings. The highest BCUT2D eigenvalue weighted by Crippen LogP contribution is 2.39. The first kappa shape index (κ1) is 14.3. The summed E-state index contributed by atoms with van der Waals surface area (Å²) in [7, 11) is 0. The molecule has 1 aromatic heterocycles. The normalized spacial score (nSPS) is 16.5. The van der Waals surface area contributed by atoms with Crippen molar-refractivity contribution in [3.63, 3.8) is 0 Å². The zero-order chi connectivity index (χ0) is 13.9. The predicted octanol–water partition coefficient (Wildman–Crippen LogP) is 6.06. The van der Waals surface area contributed by atoms with E-state index in [1.54, 1.807) is 10.4 Å². The molecule has 1 heterocycles. The van der Waals surface area contributed by atoms with E-state index in [0.29, 0.717) is 4.83 Å². The molecule has 0 bridgehead atoms. The van der Waals surface area contributed by atoms with Crippen molar-refractivity contribution in [1.29, 1.82) is 0 Å². The lowest BCUT2D eigenvalue weighted by Gasteiger charge is -2.09. The van der Waals surface area contributed by atoms with Gasteiger partial charge in [-0.15, -0.1) is 11.3 Å². The van der Waals surface area contributed by atoms with Crippen molar-refractivity contribution in [2.75, 3.05) is 0 Å². The summed E-state index contributed by atoms with van der Waals surface area (Å²) in [6.45, 7) is 2.21. The fourth-order valence-electron chi connectivity index (χ4n) is 2.90. The van der Waals surface area contributed by atoms with E-state index in [-0.39, 0.29) is 0 Å². The summed E-state index contributed by atoms with van der Waals surface area (Å²) in [5.74, 6) is 0. The van der Waals surface area contributed by atoms with E-state index in [9.17, 15) is 0 Å². The van der Waals surface area contributed by atoms with Gasteiger partial charge >= 0.3 is 0 Å². The van der Waals surface area contributed by atoms with Crippen LogP contribution in [0.25, 0.3) is 0 Å². The Kier molecular flexibility index (Phi) is 4.62. The van der Waals surface area contributed by atoms with Crippen LogP contribution in [0, 0.1) is 0 Å². The van der Waals surface area contributed by atoms with Gasteiger partial charge in [-0.1, -0.05) is 53.5 Å². The molecule has 3 rings (SSSR count). The standard InChI is InChI=1S/C18H21BrS/c1-2-13-8-10-14(11-9-13)18(19)17-12-15-6-4-3-5-7-16(15)20-17/h8-12,18H,2-7H2,1H3. The smallest absolute Gasteiger partial charge is 0.0738 e. The van der Waals surface area contributed by atoms with E-state index in [4.69, 9.17) is 0 Å². The molecule has 0 nitrogen and oxygen atoms in total. The van der Waals surface area contributed by atoms with Crippen molar-refractivity contribution in [2.24, 2.45) is 0 Å². The minimum atomic E-state index is 0.352. The molecule has 1 aromatic carbocycles. The van der Waals surface area contributed by atoms with E-state index in [0.717, 1.165) is 6.42 Å². The molecule has 0 aliphatic heterocycles. The van der Waals surface area contributed by atoms with Gasteiger partial charge in [0.1, 0.15) is 0 Å². The first-order valence-corrected chi connectivity index (χ1v) is 9.35. The number of hydrogen-bond acceptors (Lipinski definition) is 1. The second-order valence-corrected chi connectivity index (χ2v) is 7.70. The molecule has 1 atom stereocenters. The van der Waals surface area contributed by atoms with Crippen LogP contribution >= 0.6 is 27.3 Å². The maximum atomic E-state index is 3.90. The lowest BCUT2D eigenvalue weighted by atomic mass is 10.1. The van der Waals surface area contributed by atoms with Gasteiger partial charge < -0.3 is 0 Å². The van der Waals surface area contributed by atoms with Crippen LogP contribution in [-0.4, -0.2) is 0 Å². The minimum Gasteiger partial charge on any atom is -0.144 e. The fourth-order valence-corrected chi connectivity index (χ4v) is 4.88. The zero-order valence-corrected chi connectivity index (χ0v) is 14.4. The molecular formula is C18H21BrS. The van der Waals surface area contributed by atoms with Crippen molar-refractivity contribution >= 4 is 27.3 Å². The van der Waals surface area contributed by atoms with Gasteiger partial charge in [0.2, 0.25) is 0 Å². The number of hydrogen-bond donors (Lipinski definition) is 0. The molecule has 0 saturated heterocycles. The number of aryl methyl sites for hydroxylation is 3. The number of thiophene rings is 1. The second-order valence-electron chi connectivity index (χ2n) is 5.62. The van der Waals surface area contributed by atoms with Gasteiger partial charge in [0.05, 0.1) is 4.83 Å². The number of alkyl halides is 1. The molecule has 0 amide bonds. The quantitative estimate of drug-likeness (QED) is 0.466. The minimum absolute atomic E-state index is 0.352. The van der Waals surface area contributed by atoms with Crippen LogP contribution in [0.4, 0.5) is 0 Å². The molecule has 0 radical (unpaired) electrons. The van der Waals surface area contributed by atoms with Gasteiger partial charge in [-0.2, -0.15) is 0 Å². The number of fused-ring (bicyclic) bond motifs is 1. The molecule has 1 unspecified atom stereocenters. The third-order valence-electron chi connectivity index (χ3n) is 4.20. The summed E-state index contributed by atoms with van der Waals surface area (Å²) in [5.41, 5.74) is 4.39. The predicted molar refractivity (Wildman–Crippen MR) is 92.2 cm³/mol. The monoisotopic (exact) mass is 348 g/mol. The SMILES string of the molecule is CCc1ccc(C(Br)c2cc3c(s2)CCCCC3)cc1. The van der Waals surface area contributed by atoms with Crippen molar-refractivity contribution in [3.05, 3.63) is 56.8 Å². The zero-order valence-electron chi connectivity index (χ0n) is 12.0. The Bertz CT molecular complexity index is 544. The summed E-state index contributed by atoms with van der Waals surface area (Å²) < 4.78 is 0. The molecule has 2 heteroatoms. The summed E-state index contributed by atoms with van der Waals surface area (Å²) in [4.78, 5) is 3.46. The van der Waals surface area contributed by atoms with Crippen molar-refractivity contribution < 1.29 is 0 Å². The summed E-state index contributed by atoms with van der Waals surface area (Å²) >= 11 is 5.91. The number of halogens is 1. The largest absolute Gasteiger partial charge is 0.144 e. The van der Waals surface area contributed by atoms with Crippen molar-refractivity contribution in [1.82, 2.24) is 0 Å². The molecule has 0 N–H and O–H groups in total. The lowest BCUT2D eigenvalue weighted by Crippen LogP contribution is -1.90. The van der Waals surface area contributed by atoms with Crippen molar-refractivity contribution in [3.8, 4) is 0 Å². The Morgan fingerprint density at radius 2 is 1.85 bits per heavy atom. The highest BCUT2D eigenvalue weighted by atomic mass is 79.9. The Morgan fingerprint density at radius 3 is 2.60 bits per heavy atom. The molecule has 0 spiro atoms. The Hall–Kier alpha value is -0.600. The molecule has 1 aliphatic carbocycles. The Labute approximate surface area is 134 Å². The molecule has 106 valence electrons. The van der Waals surface area contributed by atoms with Gasteiger partial charge in [-0.25, -0.2) is 0 Å². The van der Waals surface area contributed by atoms with Crippen LogP contribution in [0.5, 0.6) is 0 Å². The van der Waals surface area contributed by atoms with Crippen LogP contribution in [0.1, 0.15) is 57.5 Å². The molecule has 20 heavy (non-hydrogen) atoms. The van der Waals surface area contributed by atoms with Crippen LogP contribution in [0.15, 0.2) is 30.3 Å². The van der Waals surface area contributed by atoms with Crippen LogP contribution < -0.4 is 0 Å². The number of benzene rings is 1.